The number of hydrogen-bond acceptors (Lipinski definition) is 3. The van der Waals surface area contributed by atoms with Crippen molar-refractivity contribution in [2.24, 2.45) is 0 Å². The highest BCUT2D eigenvalue weighted by Crippen LogP contribution is 2.36. The number of para-hydroxylation sites is 1. The van der Waals surface area contributed by atoms with E-state index in [4.69, 9.17) is 9.47 Å². The Bertz CT molecular complexity index is 408. The predicted octanol–water partition coefficient (Wildman–Crippen LogP) is 3.35. The fraction of sp³-hybridized carbons (Fsp3) is 0.647. The summed E-state index contributed by atoms with van der Waals surface area (Å²) in [6.07, 6.45) is 3.58. The van der Waals surface area contributed by atoms with E-state index in [0.29, 0.717) is 12.0 Å². The van der Waals surface area contributed by atoms with E-state index in [0.717, 1.165) is 38.2 Å². The van der Waals surface area contributed by atoms with Crippen molar-refractivity contribution in [1.82, 2.24) is 5.32 Å². The van der Waals surface area contributed by atoms with Crippen LogP contribution in [0.1, 0.15) is 44.6 Å². The van der Waals surface area contributed by atoms with E-state index in [2.05, 4.69) is 37.4 Å². The average Bonchev–Trinajstić information content (AvgIpc) is 2.50. The Hall–Kier alpha value is -1.06. The molecule has 0 radical (unpaired) electrons. The Kier molecular flexibility index (Phi) is 5.86. The first-order chi connectivity index (χ1) is 9.76. The van der Waals surface area contributed by atoms with Gasteiger partial charge in [-0.2, -0.15) is 0 Å². The van der Waals surface area contributed by atoms with Crippen molar-refractivity contribution in [3.8, 4) is 5.75 Å². The summed E-state index contributed by atoms with van der Waals surface area (Å²) in [7, 11) is 1.79. The molecule has 3 heteroatoms. The minimum Gasteiger partial charge on any atom is -0.493 e. The normalized spacial score (nSPS) is 20.9. The van der Waals surface area contributed by atoms with Crippen molar-refractivity contribution in [3.63, 3.8) is 0 Å². The molecule has 1 aliphatic heterocycles. The number of nitrogens with one attached hydrogen (secondary N) is 1. The number of benzene rings is 1. The highest BCUT2D eigenvalue weighted by molar-refractivity contribution is 5.37. The zero-order valence-corrected chi connectivity index (χ0v) is 12.9. The van der Waals surface area contributed by atoms with Crippen molar-refractivity contribution < 1.29 is 9.47 Å². The van der Waals surface area contributed by atoms with Crippen molar-refractivity contribution in [3.05, 3.63) is 29.8 Å². The van der Waals surface area contributed by atoms with Gasteiger partial charge in [0.2, 0.25) is 0 Å². The van der Waals surface area contributed by atoms with Crippen LogP contribution in [0.2, 0.25) is 0 Å². The number of hydrogen-bond donors (Lipinski definition) is 1. The molecule has 20 heavy (non-hydrogen) atoms. The van der Waals surface area contributed by atoms with Gasteiger partial charge in [-0.3, -0.25) is 0 Å². The molecule has 112 valence electrons. The standard InChI is InChI=1S/C17H27NO2/c1-4-10-18-16(13(2)19-3)12-14-9-11-20-17-8-6-5-7-15(14)17/h5-8,13-14,16,18H,4,9-12H2,1-3H3. The van der Waals surface area contributed by atoms with Gasteiger partial charge in [0.1, 0.15) is 5.75 Å². The van der Waals surface area contributed by atoms with Gasteiger partial charge in [0.25, 0.3) is 0 Å². The monoisotopic (exact) mass is 277 g/mol. The predicted molar refractivity (Wildman–Crippen MR) is 82.5 cm³/mol. The molecule has 0 aromatic heterocycles. The van der Waals surface area contributed by atoms with E-state index >= 15 is 0 Å². The summed E-state index contributed by atoms with van der Waals surface area (Å²) in [6.45, 7) is 6.22. The maximum absolute atomic E-state index is 5.75. The lowest BCUT2D eigenvalue weighted by Crippen LogP contribution is -2.41. The minimum atomic E-state index is 0.233. The molecule has 0 amide bonds. The van der Waals surface area contributed by atoms with Crippen LogP contribution in [-0.2, 0) is 4.74 Å². The van der Waals surface area contributed by atoms with Gasteiger partial charge in [0, 0.05) is 13.2 Å². The first-order valence-electron chi connectivity index (χ1n) is 7.74. The van der Waals surface area contributed by atoms with E-state index < -0.39 is 0 Å². The average molecular weight is 277 g/mol. The summed E-state index contributed by atoms with van der Waals surface area (Å²) in [5.41, 5.74) is 1.35. The van der Waals surface area contributed by atoms with Crippen LogP contribution in [0.15, 0.2) is 24.3 Å². The third-order valence-electron chi connectivity index (χ3n) is 4.22. The summed E-state index contributed by atoms with van der Waals surface area (Å²) >= 11 is 0. The second-order valence-corrected chi connectivity index (χ2v) is 5.61. The Balaban J connectivity index is 2.07. The molecule has 3 nitrogen and oxygen atoms in total. The first kappa shape index (κ1) is 15.3. The third-order valence-corrected chi connectivity index (χ3v) is 4.22. The number of ether oxygens (including phenoxy) is 2. The fourth-order valence-corrected chi connectivity index (χ4v) is 2.90. The lowest BCUT2D eigenvalue weighted by Gasteiger charge is -2.31. The molecule has 3 unspecified atom stereocenters. The van der Waals surface area contributed by atoms with Gasteiger partial charge in [0.05, 0.1) is 12.7 Å². The van der Waals surface area contributed by atoms with E-state index in [1.165, 1.54) is 5.56 Å². The molecule has 1 N–H and O–H groups in total. The second kappa shape index (κ2) is 7.65. The van der Waals surface area contributed by atoms with Gasteiger partial charge < -0.3 is 14.8 Å². The molecule has 0 bridgehead atoms. The largest absolute Gasteiger partial charge is 0.493 e. The topological polar surface area (TPSA) is 30.5 Å². The molecule has 0 spiro atoms. The molecular weight excluding hydrogens is 250 g/mol. The molecule has 0 saturated heterocycles. The van der Waals surface area contributed by atoms with Gasteiger partial charge in [0.15, 0.2) is 0 Å². The summed E-state index contributed by atoms with van der Waals surface area (Å²) in [6, 6.07) is 8.83. The van der Waals surface area contributed by atoms with Crippen LogP contribution in [0.3, 0.4) is 0 Å². The lowest BCUT2D eigenvalue weighted by atomic mass is 9.86. The van der Waals surface area contributed by atoms with Crippen LogP contribution in [0.4, 0.5) is 0 Å². The maximum atomic E-state index is 5.75. The van der Waals surface area contributed by atoms with Crippen molar-refractivity contribution >= 4 is 0 Å². The van der Waals surface area contributed by atoms with Gasteiger partial charge in [-0.05, 0) is 50.3 Å². The van der Waals surface area contributed by atoms with Crippen LogP contribution >= 0.6 is 0 Å². The molecule has 2 rings (SSSR count). The SMILES string of the molecule is CCCNC(CC1CCOc2ccccc21)C(C)OC. The molecule has 1 aromatic rings. The summed E-state index contributed by atoms with van der Waals surface area (Å²) in [5.74, 6) is 1.62. The fourth-order valence-electron chi connectivity index (χ4n) is 2.90. The van der Waals surface area contributed by atoms with Crippen molar-refractivity contribution in [2.45, 2.75) is 51.2 Å². The van der Waals surface area contributed by atoms with Crippen LogP contribution < -0.4 is 10.1 Å². The molecule has 1 heterocycles. The van der Waals surface area contributed by atoms with Gasteiger partial charge in [-0.25, -0.2) is 0 Å². The number of methoxy groups -OCH3 is 1. The van der Waals surface area contributed by atoms with E-state index in [1.807, 2.05) is 6.07 Å². The van der Waals surface area contributed by atoms with Gasteiger partial charge >= 0.3 is 0 Å². The summed E-state index contributed by atoms with van der Waals surface area (Å²) < 4.78 is 11.3. The number of rotatable bonds is 7. The summed E-state index contributed by atoms with van der Waals surface area (Å²) in [4.78, 5) is 0. The van der Waals surface area contributed by atoms with Crippen LogP contribution in [0.25, 0.3) is 0 Å². The van der Waals surface area contributed by atoms with Crippen LogP contribution in [-0.4, -0.2) is 32.4 Å². The van der Waals surface area contributed by atoms with Crippen molar-refractivity contribution in [1.29, 1.82) is 0 Å². The number of fused-ring (bicyclic) bond motifs is 1. The Labute approximate surface area is 122 Å². The molecule has 0 saturated carbocycles. The Morgan fingerprint density at radius 1 is 1.40 bits per heavy atom. The minimum absolute atomic E-state index is 0.233. The van der Waals surface area contributed by atoms with Crippen molar-refractivity contribution in [2.75, 3.05) is 20.3 Å². The third kappa shape index (κ3) is 3.74. The molecule has 1 aromatic carbocycles. The molecule has 0 fully saturated rings. The van der Waals surface area contributed by atoms with Gasteiger partial charge in [-0.1, -0.05) is 25.1 Å². The quantitative estimate of drug-likeness (QED) is 0.829. The zero-order valence-electron chi connectivity index (χ0n) is 12.9. The molecular formula is C17H27NO2. The highest BCUT2D eigenvalue weighted by atomic mass is 16.5. The molecule has 0 aliphatic carbocycles. The van der Waals surface area contributed by atoms with E-state index in [-0.39, 0.29) is 6.10 Å². The Morgan fingerprint density at radius 2 is 2.20 bits per heavy atom. The van der Waals surface area contributed by atoms with E-state index in [9.17, 15) is 0 Å². The first-order valence-corrected chi connectivity index (χ1v) is 7.74. The zero-order chi connectivity index (χ0) is 14.4. The highest BCUT2D eigenvalue weighted by Gasteiger charge is 2.26. The summed E-state index contributed by atoms with van der Waals surface area (Å²) in [5, 5.41) is 3.63. The molecule has 3 atom stereocenters. The maximum Gasteiger partial charge on any atom is 0.122 e. The molecule has 1 aliphatic rings. The lowest BCUT2D eigenvalue weighted by molar-refractivity contribution is 0.0753. The second-order valence-electron chi connectivity index (χ2n) is 5.61. The van der Waals surface area contributed by atoms with Crippen LogP contribution in [0.5, 0.6) is 5.75 Å². The Morgan fingerprint density at radius 3 is 2.95 bits per heavy atom. The van der Waals surface area contributed by atoms with E-state index in [1.54, 1.807) is 7.11 Å². The van der Waals surface area contributed by atoms with Crippen LogP contribution in [0, 0.1) is 0 Å². The smallest absolute Gasteiger partial charge is 0.122 e. The van der Waals surface area contributed by atoms with Gasteiger partial charge in [-0.15, -0.1) is 0 Å².